The first-order chi connectivity index (χ1) is 13.3. The van der Waals surface area contributed by atoms with Crippen LogP contribution < -0.4 is 14.4 Å². The maximum Gasteiger partial charge on any atom is 0.128 e. The van der Waals surface area contributed by atoms with Gasteiger partial charge in [0.15, 0.2) is 0 Å². The first kappa shape index (κ1) is 16.7. The van der Waals surface area contributed by atoms with E-state index in [-0.39, 0.29) is 5.92 Å². The number of ether oxygens (including phenoxy) is 1. The number of aromatic amines is 1. The lowest BCUT2D eigenvalue weighted by atomic mass is 9.98. The molecule has 2 aromatic carbocycles. The molecule has 1 aromatic heterocycles. The van der Waals surface area contributed by atoms with Crippen molar-refractivity contribution in [3.63, 3.8) is 0 Å². The second-order valence-electron chi connectivity index (χ2n) is 7.10. The number of rotatable bonds is 4. The molecule has 0 amide bonds. The van der Waals surface area contributed by atoms with Gasteiger partial charge in [-0.2, -0.15) is 0 Å². The Morgan fingerprint density at radius 3 is 3.04 bits per heavy atom. The SMILES string of the molecule is CC(c1cccc(Oc2ccc3c(c2)SNC2CCCN32)c1)c1cnc[nH]1. The maximum atomic E-state index is 6.18. The molecule has 0 bridgehead atoms. The van der Waals surface area contributed by atoms with Gasteiger partial charge in [0.25, 0.3) is 0 Å². The summed E-state index contributed by atoms with van der Waals surface area (Å²) >= 11 is 1.71. The number of hydrogen-bond donors (Lipinski definition) is 2. The minimum Gasteiger partial charge on any atom is -0.457 e. The fraction of sp³-hybridized carbons (Fsp3) is 0.286. The van der Waals surface area contributed by atoms with Gasteiger partial charge in [0.1, 0.15) is 11.5 Å². The van der Waals surface area contributed by atoms with Crippen molar-refractivity contribution in [1.82, 2.24) is 14.7 Å². The Kier molecular flexibility index (Phi) is 4.30. The summed E-state index contributed by atoms with van der Waals surface area (Å²) < 4.78 is 9.72. The standard InChI is InChI=1S/C21H22N4OS/c1-14(18-12-22-13-23-18)15-4-2-5-16(10-15)26-17-7-8-19-20(11-17)27-24-21-6-3-9-25(19)21/h2,4-5,7-8,10-14,21,24H,3,6,9H2,1H3,(H,22,23). The normalized spacial score (nSPS) is 19.4. The third kappa shape index (κ3) is 3.19. The number of imidazole rings is 1. The number of H-pyrrole nitrogens is 1. The molecule has 2 aliphatic heterocycles. The Balaban J connectivity index is 1.37. The van der Waals surface area contributed by atoms with Crippen LogP contribution in [0.2, 0.25) is 0 Å². The van der Waals surface area contributed by atoms with Gasteiger partial charge in [-0.1, -0.05) is 19.1 Å². The Morgan fingerprint density at radius 1 is 1.22 bits per heavy atom. The zero-order valence-electron chi connectivity index (χ0n) is 15.2. The van der Waals surface area contributed by atoms with Crippen molar-refractivity contribution < 1.29 is 4.74 Å². The van der Waals surface area contributed by atoms with Crippen LogP contribution in [0.25, 0.3) is 0 Å². The molecule has 2 atom stereocenters. The number of aromatic nitrogens is 2. The van der Waals surface area contributed by atoms with E-state index in [1.165, 1.54) is 29.0 Å². The van der Waals surface area contributed by atoms with Gasteiger partial charge >= 0.3 is 0 Å². The molecular weight excluding hydrogens is 356 g/mol. The Morgan fingerprint density at radius 2 is 2.15 bits per heavy atom. The van der Waals surface area contributed by atoms with Gasteiger partial charge in [0, 0.05) is 29.2 Å². The second kappa shape index (κ2) is 6.94. The maximum absolute atomic E-state index is 6.18. The summed E-state index contributed by atoms with van der Waals surface area (Å²) in [4.78, 5) is 11.0. The molecule has 0 spiro atoms. The lowest BCUT2D eigenvalue weighted by molar-refractivity contribution is 0.480. The van der Waals surface area contributed by atoms with E-state index < -0.39 is 0 Å². The molecule has 1 saturated heterocycles. The van der Waals surface area contributed by atoms with E-state index in [0.29, 0.717) is 6.17 Å². The van der Waals surface area contributed by atoms with Crippen molar-refractivity contribution in [2.24, 2.45) is 0 Å². The molecule has 0 saturated carbocycles. The summed E-state index contributed by atoms with van der Waals surface area (Å²) in [6, 6.07) is 14.7. The molecule has 2 unspecified atom stereocenters. The van der Waals surface area contributed by atoms with Crippen molar-refractivity contribution in [1.29, 1.82) is 0 Å². The number of nitrogens with one attached hydrogen (secondary N) is 2. The first-order valence-corrected chi connectivity index (χ1v) is 10.2. The van der Waals surface area contributed by atoms with Crippen LogP contribution in [-0.2, 0) is 0 Å². The highest BCUT2D eigenvalue weighted by Gasteiger charge is 2.30. The van der Waals surface area contributed by atoms with Crippen LogP contribution in [0.5, 0.6) is 11.5 Å². The third-order valence-electron chi connectivity index (χ3n) is 5.38. The van der Waals surface area contributed by atoms with Crippen LogP contribution in [0.3, 0.4) is 0 Å². The van der Waals surface area contributed by atoms with E-state index in [0.717, 1.165) is 23.7 Å². The summed E-state index contributed by atoms with van der Waals surface area (Å²) in [6.07, 6.45) is 6.52. The second-order valence-corrected chi connectivity index (χ2v) is 7.98. The number of benzene rings is 2. The molecule has 3 heterocycles. The van der Waals surface area contributed by atoms with Crippen molar-refractivity contribution in [3.8, 4) is 11.5 Å². The summed E-state index contributed by atoms with van der Waals surface area (Å²) in [5, 5.41) is 0. The van der Waals surface area contributed by atoms with Crippen LogP contribution in [-0.4, -0.2) is 22.7 Å². The highest BCUT2D eigenvalue weighted by atomic mass is 32.2. The number of nitrogens with zero attached hydrogens (tertiary/aromatic N) is 2. The monoisotopic (exact) mass is 378 g/mol. The van der Waals surface area contributed by atoms with Gasteiger partial charge in [-0.05, 0) is 60.7 Å². The molecule has 3 aromatic rings. The summed E-state index contributed by atoms with van der Waals surface area (Å²) in [5.41, 5.74) is 3.62. The van der Waals surface area contributed by atoms with Crippen molar-refractivity contribution >= 4 is 17.6 Å². The molecule has 2 aliphatic rings. The van der Waals surface area contributed by atoms with Gasteiger partial charge in [-0.25, -0.2) is 9.71 Å². The molecular formula is C21H22N4OS. The van der Waals surface area contributed by atoms with Crippen LogP contribution in [0.4, 0.5) is 5.69 Å². The van der Waals surface area contributed by atoms with Crippen molar-refractivity contribution in [3.05, 3.63) is 66.2 Å². The average molecular weight is 379 g/mol. The molecule has 0 aliphatic carbocycles. The van der Waals surface area contributed by atoms with Gasteiger partial charge < -0.3 is 14.6 Å². The van der Waals surface area contributed by atoms with Crippen LogP contribution in [0, 0.1) is 0 Å². The minimum atomic E-state index is 0.242. The Bertz CT molecular complexity index is 943. The van der Waals surface area contributed by atoms with Crippen LogP contribution in [0.15, 0.2) is 59.9 Å². The zero-order valence-corrected chi connectivity index (χ0v) is 16.0. The van der Waals surface area contributed by atoms with Gasteiger partial charge in [0.05, 0.1) is 18.2 Å². The summed E-state index contributed by atoms with van der Waals surface area (Å²) in [5.74, 6) is 1.96. The smallest absolute Gasteiger partial charge is 0.128 e. The van der Waals surface area contributed by atoms with Crippen molar-refractivity contribution in [2.75, 3.05) is 11.4 Å². The Hall–Kier alpha value is -2.44. The quantitative estimate of drug-likeness (QED) is 0.633. The van der Waals surface area contributed by atoms with E-state index in [9.17, 15) is 0 Å². The molecule has 5 nitrogen and oxygen atoms in total. The summed E-state index contributed by atoms with van der Waals surface area (Å²) in [7, 11) is 0. The number of hydrogen-bond acceptors (Lipinski definition) is 5. The molecule has 6 heteroatoms. The fourth-order valence-electron chi connectivity index (χ4n) is 3.85. The predicted octanol–water partition coefficient (Wildman–Crippen LogP) is 4.89. The van der Waals surface area contributed by atoms with Crippen LogP contribution >= 0.6 is 11.9 Å². The lowest BCUT2D eigenvalue weighted by Crippen LogP contribution is -2.41. The van der Waals surface area contributed by atoms with Gasteiger partial charge in [-0.15, -0.1) is 0 Å². The molecule has 2 N–H and O–H groups in total. The largest absolute Gasteiger partial charge is 0.457 e. The molecule has 1 fully saturated rings. The molecule has 0 radical (unpaired) electrons. The molecule has 27 heavy (non-hydrogen) atoms. The average Bonchev–Trinajstić information content (AvgIpc) is 3.39. The highest BCUT2D eigenvalue weighted by Crippen LogP contribution is 2.41. The minimum absolute atomic E-state index is 0.242. The van der Waals surface area contributed by atoms with E-state index in [4.69, 9.17) is 4.74 Å². The number of fused-ring (bicyclic) bond motifs is 3. The molecule has 138 valence electrons. The van der Waals surface area contributed by atoms with Gasteiger partial charge in [-0.3, -0.25) is 0 Å². The van der Waals surface area contributed by atoms with E-state index in [2.05, 4.69) is 56.8 Å². The first-order valence-electron chi connectivity index (χ1n) is 9.37. The van der Waals surface area contributed by atoms with Crippen molar-refractivity contribution in [2.45, 2.75) is 36.7 Å². The van der Waals surface area contributed by atoms with E-state index >= 15 is 0 Å². The third-order valence-corrected chi connectivity index (χ3v) is 6.31. The fourth-order valence-corrected chi connectivity index (χ4v) is 4.83. The van der Waals surface area contributed by atoms with E-state index in [1.54, 1.807) is 18.3 Å². The molecule has 5 rings (SSSR count). The predicted molar refractivity (Wildman–Crippen MR) is 108 cm³/mol. The lowest BCUT2D eigenvalue weighted by Gasteiger charge is -2.33. The zero-order chi connectivity index (χ0) is 18.2. The van der Waals surface area contributed by atoms with Gasteiger partial charge in [0.2, 0.25) is 0 Å². The topological polar surface area (TPSA) is 53.2 Å². The Labute approximate surface area is 163 Å². The number of anilines is 1. The van der Waals surface area contributed by atoms with E-state index in [1.807, 2.05) is 18.3 Å². The van der Waals surface area contributed by atoms with Crippen LogP contribution in [0.1, 0.15) is 36.9 Å². The highest BCUT2D eigenvalue weighted by molar-refractivity contribution is 7.97. The summed E-state index contributed by atoms with van der Waals surface area (Å²) in [6.45, 7) is 3.29.